The van der Waals surface area contributed by atoms with Crippen molar-refractivity contribution in [3.05, 3.63) is 135 Å². The molecule has 0 spiro atoms. The minimum absolute atomic E-state index is 0.0120. The van der Waals surface area contributed by atoms with Gasteiger partial charge < -0.3 is 9.80 Å². The number of benzene rings is 5. The van der Waals surface area contributed by atoms with Crippen molar-refractivity contribution in [2.24, 2.45) is 5.14 Å². The monoisotopic (exact) mass is 912 g/mol. The molecule has 14 nitrogen and oxygen atoms in total. The molecule has 0 aromatic heterocycles. The van der Waals surface area contributed by atoms with Gasteiger partial charge in [-0.05, 0) is 135 Å². The van der Waals surface area contributed by atoms with Crippen LogP contribution in [0.25, 0.3) is 0 Å². The summed E-state index contributed by atoms with van der Waals surface area (Å²) in [7, 11) is -16.1. The molecule has 0 fully saturated rings. The van der Waals surface area contributed by atoms with Gasteiger partial charge in [-0.1, -0.05) is 61.5 Å². The Kier molecular flexibility index (Phi) is 14.4. The van der Waals surface area contributed by atoms with Crippen LogP contribution in [0.15, 0.2) is 94.7 Å². The Bertz CT molecular complexity index is 2860. The van der Waals surface area contributed by atoms with Gasteiger partial charge in [0.1, 0.15) is 0 Å². The van der Waals surface area contributed by atoms with E-state index >= 15 is 0 Å². The van der Waals surface area contributed by atoms with Gasteiger partial charge in [-0.25, -0.2) is 22.0 Å². The van der Waals surface area contributed by atoms with E-state index in [0.29, 0.717) is 57.0 Å². The first-order chi connectivity index (χ1) is 28.4. The minimum atomic E-state index is -4.69. The Hall–Kier alpha value is -4.82. The average Bonchev–Trinajstić information content (AvgIpc) is 3.15. The van der Waals surface area contributed by atoms with Gasteiger partial charge in [-0.15, -0.1) is 0 Å². The Morgan fingerprint density at radius 2 is 1.16 bits per heavy atom. The number of nitrogens with zero attached hydrogens (tertiary/aromatic N) is 2. The van der Waals surface area contributed by atoms with E-state index in [2.05, 4.69) is 9.62 Å². The Labute approximate surface area is 361 Å². The zero-order valence-corrected chi connectivity index (χ0v) is 38.3. The first-order valence-electron chi connectivity index (χ1n) is 19.4. The molecule has 0 heterocycles. The Balaban J connectivity index is 1.67. The molecule has 61 heavy (non-hydrogen) atoms. The molecule has 0 aliphatic rings. The predicted molar refractivity (Wildman–Crippen MR) is 242 cm³/mol. The number of aryl methyl sites for hydroxylation is 4. The molecule has 1 unspecified atom stereocenters. The van der Waals surface area contributed by atoms with Gasteiger partial charge in [-0.3, -0.25) is 13.8 Å². The van der Waals surface area contributed by atoms with E-state index in [1.54, 1.807) is 68.1 Å². The lowest BCUT2D eigenvalue weighted by Gasteiger charge is -2.31. The lowest BCUT2D eigenvalue weighted by Crippen LogP contribution is -2.25. The summed E-state index contributed by atoms with van der Waals surface area (Å²) in [5, 5.41) is 5.65. The van der Waals surface area contributed by atoms with Crippen LogP contribution in [-0.4, -0.2) is 61.6 Å². The van der Waals surface area contributed by atoms with Crippen LogP contribution in [0, 0.1) is 41.5 Å². The van der Waals surface area contributed by atoms with Gasteiger partial charge in [0.05, 0.1) is 21.2 Å². The molecule has 5 rings (SSSR count). The van der Waals surface area contributed by atoms with Crippen LogP contribution < -0.4 is 19.7 Å². The number of anilines is 5. The van der Waals surface area contributed by atoms with Gasteiger partial charge in [0, 0.05) is 41.8 Å². The summed E-state index contributed by atoms with van der Waals surface area (Å²) in [6.07, 6.45) is 0.753. The number of nitrogens with one attached hydrogen (secondary N) is 1. The van der Waals surface area contributed by atoms with Gasteiger partial charge in [0.2, 0.25) is 20.9 Å². The normalized spacial score (nSPS) is 12.7. The third kappa shape index (κ3) is 10.8. The first kappa shape index (κ1) is 47.2. The van der Waals surface area contributed by atoms with Crippen molar-refractivity contribution in [3.63, 3.8) is 0 Å². The third-order valence-corrected chi connectivity index (χ3v) is 14.0. The quantitative estimate of drug-likeness (QED) is 0.0348. The summed E-state index contributed by atoms with van der Waals surface area (Å²) in [4.78, 5) is 3.53. The molecular weight excluding hydrogens is 861 g/mol. The number of primary sulfonamides is 1. The van der Waals surface area contributed by atoms with Crippen molar-refractivity contribution in [2.45, 2.75) is 77.0 Å². The van der Waals surface area contributed by atoms with E-state index in [4.69, 9.17) is 5.14 Å². The van der Waals surface area contributed by atoms with Crippen molar-refractivity contribution in [2.75, 3.05) is 33.4 Å². The summed E-state index contributed by atoms with van der Waals surface area (Å²) in [5.74, 6) is -1.28. The van der Waals surface area contributed by atoms with Crippen molar-refractivity contribution < 1.29 is 42.8 Å². The van der Waals surface area contributed by atoms with E-state index in [1.807, 2.05) is 58.0 Å². The highest BCUT2D eigenvalue weighted by Gasteiger charge is 2.28. The number of rotatable bonds is 17. The summed E-state index contributed by atoms with van der Waals surface area (Å²) in [6.45, 7) is 13.4. The van der Waals surface area contributed by atoms with Crippen LogP contribution in [0.1, 0.15) is 75.8 Å². The van der Waals surface area contributed by atoms with Crippen molar-refractivity contribution in [1.29, 1.82) is 0 Å². The van der Waals surface area contributed by atoms with Crippen LogP contribution in [0.4, 0.5) is 28.4 Å². The van der Waals surface area contributed by atoms with E-state index in [0.717, 1.165) is 34.5 Å². The van der Waals surface area contributed by atoms with Crippen molar-refractivity contribution in [3.8, 4) is 0 Å². The number of nitrogens with two attached hydrogens (primary N) is 1. The van der Waals surface area contributed by atoms with Crippen molar-refractivity contribution >= 4 is 69.6 Å². The molecule has 0 radical (unpaired) electrons. The number of thiol groups is 1. The Morgan fingerprint density at radius 1 is 0.672 bits per heavy atom. The molecule has 0 amide bonds. The molecule has 5 N–H and O–H groups in total. The summed E-state index contributed by atoms with van der Waals surface area (Å²) < 4.78 is 121. The molecule has 0 aliphatic heterocycles. The van der Waals surface area contributed by atoms with Crippen LogP contribution in [0.3, 0.4) is 0 Å². The fourth-order valence-electron chi connectivity index (χ4n) is 8.43. The summed E-state index contributed by atoms with van der Waals surface area (Å²) in [6, 6.07) is 24.4. The zero-order valence-electron chi connectivity index (χ0n) is 35.0. The average molecular weight is 913 g/mol. The van der Waals surface area contributed by atoms with Gasteiger partial charge in [0.15, 0.2) is 0 Å². The molecule has 328 valence electrons. The summed E-state index contributed by atoms with van der Waals surface area (Å²) >= 11 is 0. The van der Waals surface area contributed by atoms with Crippen LogP contribution >= 0.6 is 0 Å². The minimum Gasteiger partial charge on any atom is -0.341 e. The molecule has 18 heteroatoms. The highest BCUT2D eigenvalue weighted by molar-refractivity contribution is 7.89. The van der Waals surface area contributed by atoms with Gasteiger partial charge in [0.25, 0.3) is 20.2 Å². The second kappa shape index (κ2) is 18.7. The predicted octanol–water partition coefficient (Wildman–Crippen LogP) is 7.51. The molecule has 0 saturated carbocycles. The van der Waals surface area contributed by atoms with Crippen LogP contribution in [-0.2, 0) is 41.1 Å². The third-order valence-electron chi connectivity index (χ3n) is 10.6. The van der Waals surface area contributed by atoms with Gasteiger partial charge in [-0.2, -0.15) is 16.8 Å². The molecule has 0 bridgehead atoms. The SMILES string of the molecule is CCCN(c1ccc(C(c2ccc(N(CCCS(=O)(=O)O)c3c(C)cc(C)c(S(N)(=O)=O)c3C)cc2)c2ccccc2S(=O)(=O)O)cc1)c1c(C)cc(C)c(N[SH](=O)=O)c1C. The van der Waals surface area contributed by atoms with E-state index in [-0.39, 0.29) is 22.8 Å². The van der Waals surface area contributed by atoms with Crippen LogP contribution in [0.2, 0.25) is 0 Å². The number of hydrogen-bond acceptors (Lipinski definition) is 10. The summed E-state index contributed by atoms with van der Waals surface area (Å²) in [5.41, 5.74) is 8.80. The lowest BCUT2D eigenvalue weighted by atomic mass is 9.85. The molecule has 0 aliphatic carbocycles. The molecule has 0 saturated heterocycles. The highest BCUT2D eigenvalue weighted by Crippen LogP contribution is 2.42. The molecule has 5 aromatic carbocycles. The van der Waals surface area contributed by atoms with Crippen LogP contribution in [0.5, 0.6) is 0 Å². The fraction of sp³-hybridized carbons (Fsp3) is 0.302. The molecular formula is C43H52N4O10S4. The Morgan fingerprint density at radius 3 is 1.64 bits per heavy atom. The van der Waals surface area contributed by atoms with E-state index < -0.39 is 52.8 Å². The topological polar surface area (TPSA) is 222 Å². The first-order valence-corrected chi connectivity index (χ1v) is 25.1. The number of sulfonamides is 1. The van der Waals surface area contributed by atoms with Gasteiger partial charge >= 0.3 is 0 Å². The number of hydrogen-bond donors (Lipinski definition) is 5. The maximum atomic E-state index is 12.8. The zero-order chi connectivity index (χ0) is 45.2. The molecule has 5 aromatic rings. The molecule has 1 atom stereocenters. The second-order valence-electron chi connectivity index (χ2n) is 15.2. The fourth-order valence-corrected chi connectivity index (χ4v) is 11.2. The maximum absolute atomic E-state index is 12.8. The smallest absolute Gasteiger partial charge is 0.294 e. The maximum Gasteiger partial charge on any atom is 0.294 e. The van der Waals surface area contributed by atoms with Crippen molar-refractivity contribution in [1.82, 2.24) is 0 Å². The standard InChI is InChI=1S/C43H52N4O10S4/c1-8-22-46(41-28(3)25-27(2)40(31(41)6)45-58(48)49)35-18-14-33(15-19-35)39(37-12-9-10-13-38(37)61(55,56)57)34-16-20-36(21-17-34)47(23-11-24-59(50,51)52)42-29(4)26-30(5)43(32(42)7)60(44,53)54/h9-10,12-21,25-26,39,58H,8,11,22-24H2,1-7H3,(H2,44,53,54)(H,45,48,49)(H,50,51,52)(H,55,56,57). The second-order valence-corrected chi connectivity index (χ2v) is 20.4. The highest BCUT2D eigenvalue weighted by atomic mass is 32.2. The lowest BCUT2D eigenvalue weighted by molar-refractivity contribution is 0.479. The largest absolute Gasteiger partial charge is 0.341 e. The van der Waals surface area contributed by atoms with E-state index in [9.17, 15) is 42.8 Å². The van der Waals surface area contributed by atoms with E-state index in [1.165, 1.54) is 12.1 Å².